The molecule has 2 rings (SSSR count). The van der Waals surface area contributed by atoms with E-state index >= 15 is 0 Å². The van der Waals surface area contributed by atoms with Crippen LogP contribution in [0.25, 0.3) is 0 Å². The van der Waals surface area contributed by atoms with Crippen LogP contribution in [-0.4, -0.2) is 13.0 Å². The number of rotatable bonds is 3. The molecule has 2 aromatic rings. The van der Waals surface area contributed by atoms with E-state index < -0.39 is 0 Å². The maximum absolute atomic E-state index is 12.2. The Morgan fingerprint density at radius 3 is 2.30 bits per heavy atom. The Kier molecular flexibility index (Phi) is 3.94. The topological polar surface area (TPSA) is 64.3 Å². The fourth-order valence-corrected chi connectivity index (χ4v) is 2.12. The largest absolute Gasteiger partial charge is 0.497 e. The first-order valence-corrected chi connectivity index (χ1v) is 6.33. The SMILES string of the molecule is COc1ccc(C(=O)Nc2cc(C)cc(C)c2)c(N)c1. The molecule has 0 heterocycles. The number of ether oxygens (including phenoxy) is 1. The lowest BCUT2D eigenvalue weighted by Crippen LogP contribution is -2.14. The van der Waals surface area contributed by atoms with Gasteiger partial charge in [0.25, 0.3) is 5.91 Å². The highest BCUT2D eigenvalue weighted by Gasteiger charge is 2.11. The number of anilines is 2. The summed E-state index contributed by atoms with van der Waals surface area (Å²) < 4.78 is 5.07. The molecule has 0 radical (unpaired) electrons. The van der Waals surface area contributed by atoms with Crippen molar-refractivity contribution in [1.82, 2.24) is 0 Å². The van der Waals surface area contributed by atoms with Crippen molar-refractivity contribution in [2.24, 2.45) is 0 Å². The van der Waals surface area contributed by atoms with E-state index in [-0.39, 0.29) is 5.91 Å². The zero-order valence-corrected chi connectivity index (χ0v) is 11.9. The number of hydrogen-bond donors (Lipinski definition) is 2. The summed E-state index contributed by atoms with van der Waals surface area (Å²) in [5, 5.41) is 2.86. The third kappa shape index (κ3) is 3.09. The number of nitrogens with two attached hydrogens (primary N) is 1. The molecule has 0 saturated heterocycles. The number of aryl methyl sites for hydroxylation is 2. The van der Waals surface area contributed by atoms with Crippen molar-refractivity contribution in [3.63, 3.8) is 0 Å². The van der Waals surface area contributed by atoms with Crippen LogP contribution < -0.4 is 15.8 Å². The predicted molar refractivity (Wildman–Crippen MR) is 81.3 cm³/mol. The van der Waals surface area contributed by atoms with Crippen LogP contribution in [0.3, 0.4) is 0 Å². The first kappa shape index (κ1) is 13.9. The molecule has 0 fully saturated rings. The summed E-state index contributed by atoms with van der Waals surface area (Å²) in [6, 6.07) is 10.9. The van der Waals surface area contributed by atoms with Gasteiger partial charge in [-0.1, -0.05) is 6.07 Å². The van der Waals surface area contributed by atoms with Crippen LogP contribution in [0.2, 0.25) is 0 Å². The zero-order valence-electron chi connectivity index (χ0n) is 11.9. The van der Waals surface area contributed by atoms with Gasteiger partial charge in [-0.05, 0) is 49.2 Å². The summed E-state index contributed by atoms with van der Waals surface area (Å²) in [5.74, 6) is 0.403. The van der Waals surface area contributed by atoms with E-state index in [0.29, 0.717) is 17.0 Å². The van der Waals surface area contributed by atoms with Crippen LogP contribution in [-0.2, 0) is 0 Å². The standard InChI is InChI=1S/C16H18N2O2/c1-10-6-11(2)8-12(7-10)18-16(19)14-5-4-13(20-3)9-15(14)17/h4-9H,17H2,1-3H3,(H,18,19). The Balaban J connectivity index is 2.23. The molecule has 0 saturated carbocycles. The molecule has 0 spiro atoms. The van der Waals surface area contributed by atoms with Crippen molar-refractivity contribution < 1.29 is 9.53 Å². The number of carbonyl (C=O) groups is 1. The minimum atomic E-state index is -0.227. The molecule has 0 atom stereocenters. The molecule has 0 aliphatic carbocycles. The lowest BCUT2D eigenvalue weighted by Gasteiger charge is -2.10. The maximum Gasteiger partial charge on any atom is 0.257 e. The number of methoxy groups -OCH3 is 1. The molecule has 2 aromatic carbocycles. The van der Waals surface area contributed by atoms with Crippen molar-refractivity contribution in [2.45, 2.75) is 13.8 Å². The predicted octanol–water partition coefficient (Wildman–Crippen LogP) is 3.15. The van der Waals surface area contributed by atoms with Crippen molar-refractivity contribution >= 4 is 17.3 Å². The number of benzene rings is 2. The number of nitrogen functional groups attached to an aromatic ring is 1. The van der Waals surface area contributed by atoms with E-state index in [0.717, 1.165) is 16.8 Å². The molecular weight excluding hydrogens is 252 g/mol. The highest BCUT2D eigenvalue weighted by molar-refractivity contribution is 6.07. The molecule has 0 aliphatic heterocycles. The van der Waals surface area contributed by atoms with Crippen molar-refractivity contribution in [2.75, 3.05) is 18.2 Å². The van der Waals surface area contributed by atoms with E-state index in [4.69, 9.17) is 10.5 Å². The Hall–Kier alpha value is -2.49. The average Bonchev–Trinajstić information content (AvgIpc) is 2.36. The quantitative estimate of drug-likeness (QED) is 0.842. The van der Waals surface area contributed by atoms with Gasteiger partial charge in [-0.15, -0.1) is 0 Å². The lowest BCUT2D eigenvalue weighted by atomic mass is 10.1. The van der Waals surface area contributed by atoms with Gasteiger partial charge in [0.15, 0.2) is 0 Å². The Morgan fingerprint density at radius 1 is 1.10 bits per heavy atom. The summed E-state index contributed by atoms with van der Waals surface area (Å²) in [6.07, 6.45) is 0. The number of carbonyl (C=O) groups excluding carboxylic acids is 1. The summed E-state index contributed by atoms with van der Waals surface area (Å²) in [4.78, 5) is 12.2. The average molecular weight is 270 g/mol. The summed E-state index contributed by atoms with van der Waals surface area (Å²) in [7, 11) is 1.56. The van der Waals surface area contributed by atoms with E-state index in [2.05, 4.69) is 11.4 Å². The molecule has 4 nitrogen and oxygen atoms in total. The molecule has 0 unspecified atom stereocenters. The molecular formula is C16H18N2O2. The van der Waals surface area contributed by atoms with Gasteiger partial charge in [0.05, 0.1) is 12.7 Å². The first-order valence-electron chi connectivity index (χ1n) is 6.33. The summed E-state index contributed by atoms with van der Waals surface area (Å²) in [5.41, 5.74) is 9.67. The van der Waals surface area contributed by atoms with E-state index in [1.165, 1.54) is 0 Å². The smallest absolute Gasteiger partial charge is 0.257 e. The van der Waals surface area contributed by atoms with Gasteiger partial charge in [0.2, 0.25) is 0 Å². The summed E-state index contributed by atoms with van der Waals surface area (Å²) >= 11 is 0. The second-order valence-electron chi connectivity index (χ2n) is 4.78. The lowest BCUT2D eigenvalue weighted by molar-refractivity contribution is 0.102. The monoisotopic (exact) mass is 270 g/mol. The van der Waals surface area contributed by atoms with Gasteiger partial charge in [-0.2, -0.15) is 0 Å². The van der Waals surface area contributed by atoms with Gasteiger partial charge in [0.1, 0.15) is 5.75 Å². The van der Waals surface area contributed by atoms with Gasteiger partial charge in [0, 0.05) is 17.4 Å². The van der Waals surface area contributed by atoms with Gasteiger partial charge < -0.3 is 15.8 Å². The first-order chi connectivity index (χ1) is 9.49. The third-order valence-electron chi connectivity index (χ3n) is 2.98. The number of amides is 1. The highest BCUT2D eigenvalue weighted by atomic mass is 16.5. The molecule has 3 N–H and O–H groups in total. The molecule has 104 valence electrons. The van der Waals surface area contributed by atoms with Crippen LogP contribution in [0, 0.1) is 13.8 Å². The minimum Gasteiger partial charge on any atom is -0.497 e. The van der Waals surface area contributed by atoms with Crippen LogP contribution >= 0.6 is 0 Å². The second-order valence-corrected chi connectivity index (χ2v) is 4.78. The second kappa shape index (κ2) is 5.65. The highest BCUT2D eigenvalue weighted by Crippen LogP contribution is 2.21. The van der Waals surface area contributed by atoms with Crippen molar-refractivity contribution in [3.8, 4) is 5.75 Å². The van der Waals surface area contributed by atoms with Crippen LogP contribution in [0.4, 0.5) is 11.4 Å². The maximum atomic E-state index is 12.2. The minimum absolute atomic E-state index is 0.227. The van der Waals surface area contributed by atoms with E-state index in [1.807, 2.05) is 26.0 Å². The number of hydrogen-bond acceptors (Lipinski definition) is 3. The van der Waals surface area contributed by atoms with Crippen LogP contribution in [0.5, 0.6) is 5.75 Å². The van der Waals surface area contributed by atoms with E-state index in [1.54, 1.807) is 25.3 Å². The van der Waals surface area contributed by atoms with Gasteiger partial charge >= 0.3 is 0 Å². The van der Waals surface area contributed by atoms with Gasteiger partial charge in [-0.3, -0.25) is 4.79 Å². The third-order valence-corrected chi connectivity index (χ3v) is 2.98. The molecule has 0 bridgehead atoms. The molecule has 4 heteroatoms. The van der Waals surface area contributed by atoms with E-state index in [9.17, 15) is 4.79 Å². The molecule has 0 aromatic heterocycles. The van der Waals surface area contributed by atoms with Crippen LogP contribution in [0.15, 0.2) is 36.4 Å². The fraction of sp³-hybridized carbons (Fsp3) is 0.188. The summed E-state index contributed by atoms with van der Waals surface area (Å²) in [6.45, 7) is 3.98. The fourth-order valence-electron chi connectivity index (χ4n) is 2.12. The van der Waals surface area contributed by atoms with Crippen molar-refractivity contribution in [1.29, 1.82) is 0 Å². The van der Waals surface area contributed by atoms with Crippen molar-refractivity contribution in [3.05, 3.63) is 53.1 Å². The Bertz CT molecular complexity index is 631. The molecule has 1 amide bonds. The Morgan fingerprint density at radius 2 is 1.75 bits per heavy atom. The zero-order chi connectivity index (χ0) is 14.7. The molecule has 0 aliphatic rings. The van der Waals surface area contributed by atoms with Gasteiger partial charge in [-0.25, -0.2) is 0 Å². The normalized spacial score (nSPS) is 10.2. The van der Waals surface area contributed by atoms with Crippen LogP contribution in [0.1, 0.15) is 21.5 Å². The number of nitrogens with one attached hydrogen (secondary N) is 1. The Labute approximate surface area is 118 Å². The molecule has 20 heavy (non-hydrogen) atoms.